The van der Waals surface area contributed by atoms with Crippen LogP contribution in [-0.4, -0.2) is 20.2 Å². The molecule has 1 aliphatic heterocycles. The van der Waals surface area contributed by atoms with Crippen LogP contribution in [0.3, 0.4) is 0 Å². The normalized spacial score (nSPS) is 17.4. The Morgan fingerprint density at radius 3 is 2.70 bits per heavy atom. The number of benzene rings is 2. The molecule has 1 unspecified atom stereocenters. The summed E-state index contributed by atoms with van der Waals surface area (Å²) in [5, 5.41) is 3.78. The van der Waals surface area contributed by atoms with Gasteiger partial charge >= 0.3 is 0 Å². The lowest BCUT2D eigenvalue weighted by Gasteiger charge is -2.23. The number of nitrogens with one attached hydrogen (secondary N) is 2. The van der Waals surface area contributed by atoms with E-state index in [0.29, 0.717) is 16.7 Å². The van der Waals surface area contributed by atoms with Gasteiger partial charge in [0.25, 0.3) is 0 Å². The van der Waals surface area contributed by atoms with E-state index in [1.54, 1.807) is 23.9 Å². The maximum absolute atomic E-state index is 12.5. The molecular formula is C17H20N2O2S2. The molecule has 1 heterocycles. The number of fused-ring (bicyclic) bond motifs is 1. The third-order valence-corrected chi connectivity index (χ3v) is 6.33. The van der Waals surface area contributed by atoms with Gasteiger partial charge in [-0.3, -0.25) is 0 Å². The summed E-state index contributed by atoms with van der Waals surface area (Å²) < 4.78 is 27.6. The second kappa shape index (κ2) is 6.55. The largest absolute Gasteiger partial charge is 0.383 e. The Bertz CT molecular complexity index is 802. The molecule has 0 saturated heterocycles. The molecule has 1 atom stereocenters. The van der Waals surface area contributed by atoms with E-state index < -0.39 is 10.0 Å². The molecule has 0 aromatic heterocycles. The quantitative estimate of drug-likeness (QED) is 0.889. The molecule has 0 spiro atoms. The Hall–Kier alpha value is -1.50. The van der Waals surface area contributed by atoms with E-state index >= 15 is 0 Å². The minimum absolute atomic E-state index is 0.291. The lowest BCUT2D eigenvalue weighted by Crippen LogP contribution is -2.24. The van der Waals surface area contributed by atoms with Gasteiger partial charge < -0.3 is 5.32 Å². The summed E-state index contributed by atoms with van der Waals surface area (Å²) in [4.78, 5) is 1.40. The van der Waals surface area contributed by atoms with Crippen LogP contribution in [0.4, 0.5) is 5.69 Å². The van der Waals surface area contributed by atoms with E-state index in [9.17, 15) is 8.42 Å². The first-order chi connectivity index (χ1) is 10.9. The lowest BCUT2D eigenvalue weighted by molar-refractivity contribution is 0.581. The van der Waals surface area contributed by atoms with E-state index in [2.05, 4.69) is 17.0 Å². The standard InChI is InChI=1S/C17H20N2O2S2/c1-12-3-5-14(6-4-12)11-19-23(20,21)15-7-8-17-16(9-15)18-10-13(2)22-17/h3-9,13,18-19H,10-11H2,1-2H3. The maximum Gasteiger partial charge on any atom is 0.240 e. The van der Waals surface area contributed by atoms with Crippen LogP contribution >= 0.6 is 11.8 Å². The van der Waals surface area contributed by atoms with E-state index in [1.165, 1.54) is 0 Å². The van der Waals surface area contributed by atoms with Crippen molar-refractivity contribution < 1.29 is 8.42 Å². The number of aryl methyl sites for hydroxylation is 1. The maximum atomic E-state index is 12.5. The number of thioether (sulfide) groups is 1. The number of hydrogen-bond donors (Lipinski definition) is 2. The Morgan fingerprint density at radius 1 is 1.22 bits per heavy atom. The van der Waals surface area contributed by atoms with Gasteiger partial charge in [-0.25, -0.2) is 13.1 Å². The summed E-state index contributed by atoms with van der Waals surface area (Å²) in [7, 11) is -3.51. The minimum Gasteiger partial charge on any atom is -0.383 e. The van der Waals surface area contributed by atoms with Crippen molar-refractivity contribution in [2.75, 3.05) is 11.9 Å². The summed E-state index contributed by atoms with van der Waals surface area (Å²) in [6.45, 7) is 5.29. The molecule has 0 fully saturated rings. The summed E-state index contributed by atoms with van der Waals surface area (Å²) in [5.74, 6) is 0. The molecule has 6 heteroatoms. The second-order valence-electron chi connectivity index (χ2n) is 5.78. The number of sulfonamides is 1. The van der Waals surface area contributed by atoms with Crippen molar-refractivity contribution in [3.05, 3.63) is 53.6 Å². The molecule has 0 radical (unpaired) electrons. The fourth-order valence-electron chi connectivity index (χ4n) is 2.40. The molecule has 122 valence electrons. The Balaban J connectivity index is 1.76. The van der Waals surface area contributed by atoms with Gasteiger partial charge in [-0.05, 0) is 30.7 Å². The number of anilines is 1. The van der Waals surface area contributed by atoms with Crippen molar-refractivity contribution in [2.45, 2.75) is 35.4 Å². The van der Waals surface area contributed by atoms with E-state index in [-0.39, 0.29) is 0 Å². The minimum atomic E-state index is -3.51. The summed E-state index contributed by atoms with van der Waals surface area (Å²) in [6, 6.07) is 13.1. The molecule has 0 saturated carbocycles. The average Bonchev–Trinajstić information content (AvgIpc) is 2.54. The SMILES string of the molecule is Cc1ccc(CNS(=O)(=O)c2ccc3c(c2)NCC(C)S3)cc1. The molecular weight excluding hydrogens is 328 g/mol. The van der Waals surface area contributed by atoms with Crippen molar-refractivity contribution >= 4 is 27.5 Å². The first-order valence-corrected chi connectivity index (χ1v) is 9.90. The van der Waals surface area contributed by atoms with Gasteiger partial charge in [-0.15, -0.1) is 11.8 Å². The van der Waals surface area contributed by atoms with Crippen molar-refractivity contribution in [2.24, 2.45) is 0 Å². The second-order valence-corrected chi connectivity index (χ2v) is 9.02. The number of hydrogen-bond acceptors (Lipinski definition) is 4. The van der Waals surface area contributed by atoms with Crippen LogP contribution < -0.4 is 10.0 Å². The first-order valence-electron chi connectivity index (χ1n) is 7.54. The van der Waals surface area contributed by atoms with Crippen LogP contribution in [-0.2, 0) is 16.6 Å². The Morgan fingerprint density at radius 2 is 1.96 bits per heavy atom. The predicted molar refractivity (Wildman–Crippen MR) is 95.5 cm³/mol. The monoisotopic (exact) mass is 348 g/mol. The van der Waals surface area contributed by atoms with Gasteiger partial charge in [0.2, 0.25) is 10.0 Å². The van der Waals surface area contributed by atoms with Crippen molar-refractivity contribution in [3.63, 3.8) is 0 Å². The van der Waals surface area contributed by atoms with Crippen molar-refractivity contribution in [3.8, 4) is 0 Å². The van der Waals surface area contributed by atoms with Gasteiger partial charge in [0.15, 0.2) is 0 Å². The smallest absolute Gasteiger partial charge is 0.240 e. The van der Waals surface area contributed by atoms with Gasteiger partial charge in [0.1, 0.15) is 0 Å². The van der Waals surface area contributed by atoms with Crippen LogP contribution in [0, 0.1) is 6.92 Å². The summed E-state index contributed by atoms with van der Waals surface area (Å²) in [6.07, 6.45) is 0. The highest BCUT2D eigenvalue weighted by atomic mass is 32.2. The molecule has 3 rings (SSSR count). The topological polar surface area (TPSA) is 58.2 Å². The first kappa shape index (κ1) is 16.4. The summed E-state index contributed by atoms with van der Waals surface area (Å²) >= 11 is 1.77. The third-order valence-electron chi connectivity index (χ3n) is 3.76. The predicted octanol–water partition coefficient (Wildman–Crippen LogP) is 3.38. The molecule has 1 aliphatic rings. The van der Waals surface area contributed by atoms with E-state index in [4.69, 9.17) is 0 Å². The Kier molecular flexibility index (Phi) is 4.66. The molecule has 2 N–H and O–H groups in total. The van der Waals surface area contributed by atoms with Gasteiger partial charge in [0, 0.05) is 28.9 Å². The van der Waals surface area contributed by atoms with Crippen LogP contribution in [0.2, 0.25) is 0 Å². The van der Waals surface area contributed by atoms with Crippen LogP contribution in [0.5, 0.6) is 0 Å². The summed E-state index contributed by atoms with van der Waals surface area (Å²) in [5.41, 5.74) is 3.00. The van der Waals surface area contributed by atoms with Crippen LogP contribution in [0.25, 0.3) is 0 Å². The van der Waals surface area contributed by atoms with Gasteiger partial charge in [-0.1, -0.05) is 36.8 Å². The zero-order valence-corrected chi connectivity index (χ0v) is 14.8. The molecule has 0 bridgehead atoms. The van der Waals surface area contributed by atoms with Crippen LogP contribution in [0.15, 0.2) is 52.3 Å². The molecule has 0 amide bonds. The molecule has 0 aliphatic carbocycles. The highest BCUT2D eigenvalue weighted by Crippen LogP contribution is 2.36. The highest BCUT2D eigenvalue weighted by molar-refractivity contribution is 8.00. The zero-order chi connectivity index (χ0) is 16.4. The van der Waals surface area contributed by atoms with Crippen molar-refractivity contribution in [1.29, 1.82) is 0 Å². The van der Waals surface area contributed by atoms with Crippen molar-refractivity contribution in [1.82, 2.24) is 4.72 Å². The third kappa shape index (κ3) is 3.88. The zero-order valence-electron chi connectivity index (χ0n) is 13.2. The van der Waals surface area contributed by atoms with Gasteiger partial charge in [-0.2, -0.15) is 0 Å². The molecule has 23 heavy (non-hydrogen) atoms. The molecule has 4 nitrogen and oxygen atoms in total. The van der Waals surface area contributed by atoms with E-state index in [1.807, 2.05) is 37.3 Å². The lowest BCUT2D eigenvalue weighted by atomic mass is 10.2. The average molecular weight is 348 g/mol. The van der Waals surface area contributed by atoms with Crippen LogP contribution in [0.1, 0.15) is 18.1 Å². The van der Waals surface area contributed by atoms with Gasteiger partial charge in [0.05, 0.1) is 4.90 Å². The Labute approximate surface area is 141 Å². The molecule has 2 aromatic rings. The van der Waals surface area contributed by atoms with E-state index in [0.717, 1.165) is 28.3 Å². The molecule has 2 aromatic carbocycles. The fraction of sp³-hybridized carbons (Fsp3) is 0.294. The highest BCUT2D eigenvalue weighted by Gasteiger charge is 2.20. The number of rotatable bonds is 4. The fourth-order valence-corrected chi connectivity index (χ4v) is 4.45.